The number of aromatic amines is 1. The second kappa shape index (κ2) is 4.53. The smallest absolute Gasteiger partial charge is 0.153 e. The summed E-state index contributed by atoms with van der Waals surface area (Å²) in [6.45, 7) is 0. The summed E-state index contributed by atoms with van der Waals surface area (Å²) in [5, 5.41) is 6.84. The summed E-state index contributed by atoms with van der Waals surface area (Å²) < 4.78 is 13.3. The Morgan fingerprint density at radius 3 is 2.74 bits per heavy atom. The van der Waals surface area contributed by atoms with Crippen molar-refractivity contribution in [2.24, 2.45) is 0 Å². The zero-order valence-corrected chi connectivity index (χ0v) is 9.97. The molecule has 5 heteroatoms. The summed E-state index contributed by atoms with van der Waals surface area (Å²) >= 11 is 0. The number of rotatable bonds is 2. The Labute approximate surface area is 109 Å². The van der Waals surface area contributed by atoms with Gasteiger partial charge in [-0.2, -0.15) is 5.10 Å². The first-order valence-electron chi connectivity index (χ1n) is 5.77. The van der Waals surface area contributed by atoms with Crippen LogP contribution in [0.15, 0.2) is 48.7 Å². The summed E-state index contributed by atoms with van der Waals surface area (Å²) in [4.78, 5) is 4.25. The number of nitrogens with two attached hydrogens (primary N) is 1. The standard InChI is InChI=1S/C14H11FN4/c15-10-5-3-4-9(8-10)12-13(18-19-14(12)16)11-6-1-2-7-17-11/h1-8H,(H3,16,18,19). The molecule has 3 rings (SSSR count). The van der Waals surface area contributed by atoms with Gasteiger partial charge in [0.25, 0.3) is 0 Å². The number of halogens is 1. The number of nitrogens with zero attached hydrogens (tertiary/aromatic N) is 2. The maximum atomic E-state index is 13.3. The minimum absolute atomic E-state index is 0.315. The van der Waals surface area contributed by atoms with Gasteiger partial charge in [-0.25, -0.2) is 4.39 Å². The van der Waals surface area contributed by atoms with E-state index in [4.69, 9.17) is 5.73 Å². The third-order valence-corrected chi connectivity index (χ3v) is 2.83. The number of hydrogen-bond donors (Lipinski definition) is 2. The summed E-state index contributed by atoms with van der Waals surface area (Å²) in [5.74, 6) is 0.0105. The molecule has 0 fully saturated rings. The van der Waals surface area contributed by atoms with Crippen molar-refractivity contribution in [3.63, 3.8) is 0 Å². The summed E-state index contributed by atoms with van der Waals surface area (Å²) in [6.07, 6.45) is 1.68. The van der Waals surface area contributed by atoms with E-state index in [1.54, 1.807) is 18.3 Å². The molecule has 0 radical (unpaired) electrons. The van der Waals surface area contributed by atoms with E-state index in [0.29, 0.717) is 28.3 Å². The highest BCUT2D eigenvalue weighted by Gasteiger charge is 2.15. The summed E-state index contributed by atoms with van der Waals surface area (Å²) in [6, 6.07) is 11.8. The van der Waals surface area contributed by atoms with Crippen molar-refractivity contribution in [1.29, 1.82) is 0 Å². The molecule has 0 amide bonds. The van der Waals surface area contributed by atoms with Gasteiger partial charge in [-0.1, -0.05) is 18.2 Å². The molecule has 19 heavy (non-hydrogen) atoms. The number of aromatic nitrogens is 3. The molecule has 2 aromatic heterocycles. The quantitative estimate of drug-likeness (QED) is 0.738. The van der Waals surface area contributed by atoms with Gasteiger partial charge >= 0.3 is 0 Å². The maximum absolute atomic E-state index is 13.3. The number of pyridine rings is 1. The van der Waals surface area contributed by atoms with Crippen LogP contribution in [-0.2, 0) is 0 Å². The Balaban J connectivity index is 2.20. The van der Waals surface area contributed by atoms with Gasteiger partial charge in [0, 0.05) is 6.20 Å². The highest BCUT2D eigenvalue weighted by atomic mass is 19.1. The van der Waals surface area contributed by atoms with Crippen molar-refractivity contribution in [1.82, 2.24) is 15.2 Å². The third-order valence-electron chi connectivity index (χ3n) is 2.83. The highest BCUT2D eigenvalue weighted by molar-refractivity contribution is 5.86. The molecule has 3 N–H and O–H groups in total. The van der Waals surface area contributed by atoms with Crippen molar-refractivity contribution < 1.29 is 4.39 Å². The lowest BCUT2D eigenvalue weighted by atomic mass is 10.0. The van der Waals surface area contributed by atoms with Crippen molar-refractivity contribution in [2.45, 2.75) is 0 Å². The number of H-pyrrole nitrogens is 1. The molecule has 1 aromatic carbocycles. The average Bonchev–Trinajstić information content (AvgIpc) is 2.82. The molecule has 0 aliphatic heterocycles. The second-order valence-electron chi connectivity index (χ2n) is 4.08. The predicted octanol–water partition coefficient (Wildman–Crippen LogP) is 2.86. The van der Waals surface area contributed by atoms with E-state index in [1.807, 2.05) is 18.2 Å². The van der Waals surface area contributed by atoms with E-state index < -0.39 is 0 Å². The Kier molecular flexibility index (Phi) is 2.72. The molecule has 3 aromatic rings. The van der Waals surface area contributed by atoms with Gasteiger partial charge in [-0.3, -0.25) is 10.1 Å². The highest BCUT2D eigenvalue weighted by Crippen LogP contribution is 2.33. The molecule has 0 saturated carbocycles. The van der Waals surface area contributed by atoms with E-state index in [0.717, 1.165) is 0 Å². The number of benzene rings is 1. The minimum Gasteiger partial charge on any atom is -0.382 e. The molecule has 0 unspecified atom stereocenters. The first-order valence-corrected chi connectivity index (χ1v) is 5.77. The largest absolute Gasteiger partial charge is 0.382 e. The van der Waals surface area contributed by atoms with E-state index >= 15 is 0 Å². The number of hydrogen-bond acceptors (Lipinski definition) is 3. The van der Waals surface area contributed by atoms with Crippen LogP contribution in [0.1, 0.15) is 0 Å². The number of anilines is 1. The van der Waals surface area contributed by atoms with Gasteiger partial charge in [-0.15, -0.1) is 0 Å². The van der Waals surface area contributed by atoms with Gasteiger partial charge in [0.05, 0.1) is 17.0 Å². The van der Waals surface area contributed by atoms with Gasteiger partial charge in [0.1, 0.15) is 5.82 Å². The zero-order chi connectivity index (χ0) is 13.2. The molecule has 0 aliphatic rings. The van der Waals surface area contributed by atoms with Crippen molar-refractivity contribution in [3.05, 3.63) is 54.5 Å². The van der Waals surface area contributed by atoms with Crippen molar-refractivity contribution >= 4 is 5.82 Å². The fourth-order valence-corrected chi connectivity index (χ4v) is 1.99. The lowest BCUT2D eigenvalue weighted by Gasteiger charge is -2.04. The fraction of sp³-hybridized carbons (Fsp3) is 0. The van der Waals surface area contributed by atoms with Crippen LogP contribution in [-0.4, -0.2) is 15.2 Å². The van der Waals surface area contributed by atoms with Crippen LogP contribution in [0, 0.1) is 5.82 Å². The van der Waals surface area contributed by atoms with Gasteiger partial charge in [0.15, 0.2) is 5.82 Å². The van der Waals surface area contributed by atoms with E-state index in [-0.39, 0.29) is 5.82 Å². The Morgan fingerprint density at radius 2 is 2.00 bits per heavy atom. The lowest BCUT2D eigenvalue weighted by molar-refractivity contribution is 0.628. The normalized spacial score (nSPS) is 10.6. The fourth-order valence-electron chi connectivity index (χ4n) is 1.99. The first kappa shape index (κ1) is 11.4. The minimum atomic E-state index is -0.315. The zero-order valence-electron chi connectivity index (χ0n) is 9.97. The SMILES string of the molecule is Nc1n[nH]c(-c2ccccn2)c1-c1cccc(F)c1. The molecule has 94 valence electrons. The molecule has 0 aliphatic carbocycles. The lowest BCUT2D eigenvalue weighted by Crippen LogP contribution is -1.90. The molecule has 0 atom stereocenters. The topological polar surface area (TPSA) is 67.6 Å². The van der Waals surface area contributed by atoms with Crippen LogP contribution < -0.4 is 5.73 Å². The van der Waals surface area contributed by atoms with Gasteiger partial charge < -0.3 is 5.73 Å². The van der Waals surface area contributed by atoms with Crippen LogP contribution in [0.3, 0.4) is 0 Å². The Hall–Kier alpha value is -2.69. The summed E-state index contributed by atoms with van der Waals surface area (Å²) in [7, 11) is 0. The van der Waals surface area contributed by atoms with Crippen LogP contribution >= 0.6 is 0 Å². The number of nitrogens with one attached hydrogen (secondary N) is 1. The van der Waals surface area contributed by atoms with Crippen LogP contribution in [0.4, 0.5) is 10.2 Å². The monoisotopic (exact) mass is 254 g/mol. The van der Waals surface area contributed by atoms with Crippen LogP contribution in [0.25, 0.3) is 22.5 Å². The van der Waals surface area contributed by atoms with E-state index in [9.17, 15) is 4.39 Å². The molecule has 0 saturated heterocycles. The third kappa shape index (κ3) is 2.06. The summed E-state index contributed by atoms with van der Waals surface area (Å²) in [5.41, 5.74) is 8.60. The van der Waals surface area contributed by atoms with Crippen molar-refractivity contribution in [2.75, 3.05) is 5.73 Å². The van der Waals surface area contributed by atoms with Gasteiger partial charge in [0.2, 0.25) is 0 Å². The molecule has 0 spiro atoms. The molecular formula is C14H11FN4. The second-order valence-corrected chi connectivity index (χ2v) is 4.08. The van der Waals surface area contributed by atoms with E-state index in [1.165, 1.54) is 12.1 Å². The predicted molar refractivity (Wildman–Crippen MR) is 71.6 cm³/mol. The first-order chi connectivity index (χ1) is 9.25. The van der Waals surface area contributed by atoms with Crippen LogP contribution in [0.2, 0.25) is 0 Å². The van der Waals surface area contributed by atoms with Crippen LogP contribution in [0.5, 0.6) is 0 Å². The van der Waals surface area contributed by atoms with E-state index in [2.05, 4.69) is 15.2 Å². The van der Waals surface area contributed by atoms with Crippen molar-refractivity contribution in [3.8, 4) is 22.5 Å². The maximum Gasteiger partial charge on any atom is 0.153 e. The molecule has 4 nitrogen and oxygen atoms in total. The average molecular weight is 254 g/mol. The number of nitrogen functional groups attached to an aromatic ring is 1. The van der Waals surface area contributed by atoms with Gasteiger partial charge in [-0.05, 0) is 29.8 Å². The molecular weight excluding hydrogens is 243 g/mol. The molecule has 0 bridgehead atoms. The molecule has 2 heterocycles. The Bertz CT molecular complexity index is 706. The Morgan fingerprint density at radius 1 is 1.11 bits per heavy atom.